The van der Waals surface area contributed by atoms with E-state index in [1.807, 2.05) is 0 Å². The van der Waals surface area contributed by atoms with Gasteiger partial charge in [0.2, 0.25) is 0 Å². The summed E-state index contributed by atoms with van der Waals surface area (Å²) < 4.78 is 0. The third-order valence-electron chi connectivity index (χ3n) is 4.61. The first kappa shape index (κ1) is 11.9. The van der Waals surface area contributed by atoms with Crippen LogP contribution in [0.1, 0.15) is 51.4 Å². The highest BCUT2D eigenvalue weighted by molar-refractivity contribution is 5.69. The maximum atomic E-state index is 10.9. The molecule has 0 saturated heterocycles. The molecule has 3 nitrogen and oxygen atoms in total. The Hall–Kier alpha value is -0.570. The molecule has 0 amide bonds. The van der Waals surface area contributed by atoms with Crippen LogP contribution in [0.4, 0.5) is 0 Å². The summed E-state index contributed by atoms with van der Waals surface area (Å²) in [6, 6.07) is 0.331. The molecule has 0 spiro atoms. The van der Waals surface area contributed by atoms with Crippen molar-refractivity contribution in [1.29, 1.82) is 0 Å². The van der Waals surface area contributed by atoms with Gasteiger partial charge in [-0.05, 0) is 50.4 Å². The molecule has 3 N–H and O–H groups in total. The molecule has 0 aliphatic heterocycles. The van der Waals surface area contributed by atoms with Crippen molar-refractivity contribution in [2.24, 2.45) is 23.5 Å². The summed E-state index contributed by atoms with van der Waals surface area (Å²) in [4.78, 5) is 10.9. The van der Waals surface area contributed by atoms with Gasteiger partial charge in [-0.1, -0.05) is 12.8 Å². The van der Waals surface area contributed by atoms with Gasteiger partial charge in [-0.25, -0.2) is 0 Å². The fraction of sp³-hybridized carbons (Fsp3) is 0.923. The van der Waals surface area contributed by atoms with Gasteiger partial charge in [0.1, 0.15) is 0 Å². The first-order valence-electron chi connectivity index (χ1n) is 6.67. The molecular weight excluding hydrogens is 202 g/mol. The smallest absolute Gasteiger partial charge is 0.306 e. The number of rotatable bonds is 3. The Labute approximate surface area is 97.4 Å². The Balaban J connectivity index is 1.81. The average molecular weight is 225 g/mol. The van der Waals surface area contributed by atoms with Gasteiger partial charge in [0.15, 0.2) is 0 Å². The van der Waals surface area contributed by atoms with E-state index in [4.69, 9.17) is 10.8 Å². The van der Waals surface area contributed by atoms with Crippen molar-refractivity contribution in [3.05, 3.63) is 0 Å². The van der Waals surface area contributed by atoms with E-state index in [0.29, 0.717) is 17.9 Å². The van der Waals surface area contributed by atoms with Crippen LogP contribution in [0.2, 0.25) is 0 Å². The SMILES string of the molecule is NC(C1CCCC1)C1CCC(C(=O)O)CC1. The van der Waals surface area contributed by atoms with Crippen molar-refractivity contribution in [1.82, 2.24) is 0 Å². The molecular formula is C13H23NO2. The maximum absolute atomic E-state index is 10.9. The molecule has 0 aromatic carbocycles. The van der Waals surface area contributed by atoms with Crippen LogP contribution in [0.15, 0.2) is 0 Å². The largest absolute Gasteiger partial charge is 0.481 e. The number of hydrogen-bond donors (Lipinski definition) is 2. The highest BCUT2D eigenvalue weighted by Gasteiger charge is 2.33. The monoisotopic (exact) mass is 225 g/mol. The summed E-state index contributed by atoms with van der Waals surface area (Å²) >= 11 is 0. The van der Waals surface area contributed by atoms with Gasteiger partial charge < -0.3 is 10.8 Å². The second-order valence-corrected chi connectivity index (χ2v) is 5.57. The third-order valence-corrected chi connectivity index (χ3v) is 4.61. The minimum atomic E-state index is -0.618. The molecule has 2 fully saturated rings. The van der Waals surface area contributed by atoms with Crippen molar-refractivity contribution in [2.45, 2.75) is 57.4 Å². The number of carboxylic acids is 1. The van der Waals surface area contributed by atoms with E-state index in [9.17, 15) is 4.79 Å². The summed E-state index contributed by atoms with van der Waals surface area (Å²) in [6.45, 7) is 0. The van der Waals surface area contributed by atoms with E-state index in [1.165, 1.54) is 25.7 Å². The van der Waals surface area contributed by atoms with Crippen LogP contribution in [0.5, 0.6) is 0 Å². The van der Waals surface area contributed by atoms with Crippen molar-refractivity contribution in [2.75, 3.05) is 0 Å². The molecule has 92 valence electrons. The van der Waals surface area contributed by atoms with Crippen LogP contribution in [0, 0.1) is 17.8 Å². The standard InChI is InChI=1S/C13H23NO2/c14-12(9-3-1-2-4-9)10-5-7-11(8-6-10)13(15)16/h9-12H,1-8,14H2,(H,15,16). The summed E-state index contributed by atoms with van der Waals surface area (Å²) in [7, 11) is 0. The Kier molecular flexibility index (Phi) is 3.85. The zero-order valence-electron chi connectivity index (χ0n) is 9.90. The number of aliphatic carboxylic acids is 1. The second-order valence-electron chi connectivity index (χ2n) is 5.57. The zero-order valence-corrected chi connectivity index (χ0v) is 9.90. The van der Waals surface area contributed by atoms with Crippen LogP contribution in [-0.4, -0.2) is 17.1 Å². The first-order chi connectivity index (χ1) is 7.68. The Morgan fingerprint density at radius 2 is 1.50 bits per heavy atom. The summed E-state index contributed by atoms with van der Waals surface area (Å²) in [5.41, 5.74) is 6.33. The third kappa shape index (κ3) is 2.57. The first-order valence-corrected chi connectivity index (χ1v) is 6.67. The minimum absolute atomic E-state index is 0.105. The van der Waals surface area contributed by atoms with Gasteiger partial charge in [0.05, 0.1) is 5.92 Å². The number of carboxylic acid groups (broad SMARTS) is 1. The fourth-order valence-corrected chi connectivity index (χ4v) is 3.48. The lowest BCUT2D eigenvalue weighted by molar-refractivity contribution is -0.143. The molecule has 2 rings (SSSR count). The minimum Gasteiger partial charge on any atom is -0.481 e. The Morgan fingerprint density at radius 1 is 1.00 bits per heavy atom. The summed E-state index contributed by atoms with van der Waals surface area (Å²) in [5.74, 6) is 0.574. The van der Waals surface area contributed by atoms with Crippen LogP contribution >= 0.6 is 0 Å². The van der Waals surface area contributed by atoms with E-state index in [-0.39, 0.29) is 5.92 Å². The van der Waals surface area contributed by atoms with Crippen LogP contribution in [-0.2, 0) is 4.79 Å². The number of nitrogens with two attached hydrogens (primary N) is 1. The van der Waals surface area contributed by atoms with Gasteiger partial charge in [-0.3, -0.25) is 4.79 Å². The van der Waals surface area contributed by atoms with E-state index in [0.717, 1.165) is 25.7 Å². The molecule has 2 aliphatic rings. The van der Waals surface area contributed by atoms with Gasteiger partial charge in [0.25, 0.3) is 0 Å². The molecule has 0 radical (unpaired) electrons. The highest BCUT2D eigenvalue weighted by atomic mass is 16.4. The number of carbonyl (C=O) groups is 1. The lowest BCUT2D eigenvalue weighted by Gasteiger charge is -2.33. The van der Waals surface area contributed by atoms with Crippen molar-refractivity contribution in [3.8, 4) is 0 Å². The Bertz CT molecular complexity index is 240. The number of hydrogen-bond acceptors (Lipinski definition) is 2. The van der Waals surface area contributed by atoms with Crippen molar-refractivity contribution in [3.63, 3.8) is 0 Å². The molecule has 0 aromatic rings. The summed E-state index contributed by atoms with van der Waals surface area (Å²) in [6.07, 6.45) is 8.97. The highest BCUT2D eigenvalue weighted by Crippen LogP contribution is 2.37. The fourth-order valence-electron chi connectivity index (χ4n) is 3.48. The molecule has 16 heavy (non-hydrogen) atoms. The van der Waals surface area contributed by atoms with E-state index in [2.05, 4.69) is 0 Å². The van der Waals surface area contributed by atoms with Crippen LogP contribution in [0.3, 0.4) is 0 Å². The maximum Gasteiger partial charge on any atom is 0.306 e. The van der Waals surface area contributed by atoms with E-state index >= 15 is 0 Å². The molecule has 1 atom stereocenters. The predicted octanol–water partition coefficient (Wildman–Crippen LogP) is 2.39. The van der Waals surface area contributed by atoms with Gasteiger partial charge in [-0.15, -0.1) is 0 Å². The molecule has 2 aliphatic carbocycles. The average Bonchev–Trinajstić information content (AvgIpc) is 2.81. The topological polar surface area (TPSA) is 63.3 Å². The summed E-state index contributed by atoms with van der Waals surface area (Å²) in [5, 5.41) is 8.94. The van der Waals surface area contributed by atoms with Crippen LogP contribution in [0.25, 0.3) is 0 Å². The van der Waals surface area contributed by atoms with Gasteiger partial charge in [0, 0.05) is 6.04 Å². The van der Waals surface area contributed by atoms with E-state index < -0.39 is 5.97 Å². The lowest BCUT2D eigenvalue weighted by Crippen LogP contribution is -2.39. The van der Waals surface area contributed by atoms with Crippen LogP contribution < -0.4 is 5.73 Å². The zero-order chi connectivity index (χ0) is 11.5. The van der Waals surface area contributed by atoms with Gasteiger partial charge in [-0.2, -0.15) is 0 Å². The normalized spacial score (nSPS) is 33.8. The van der Waals surface area contributed by atoms with E-state index in [1.54, 1.807) is 0 Å². The molecule has 2 saturated carbocycles. The molecule has 3 heteroatoms. The lowest BCUT2D eigenvalue weighted by atomic mass is 9.75. The van der Waals surface area contributed by atoms with Crippen molar-refractivity contribution < 1.29 is 9.90 Å². The quantitative estimate of drug-likeness (QED) is 0.775. The van der Waals surface area contributed by atoms with Gasteiger partial charge >= 0.3 is 5.97 Å². The predicted molar refractivity (Wildman–Crippen MR) is 63.0 cm³/mol. The molecule has 1 unspecified atom stereocenters. The molecule has 0 bridgehead atoms. The Morgan fingerprint density at radius 3 is 2.00 bits per heavy atom. The molecule has 0 heterocycles. The molecule has 0 aromatic heterocycles. The van der Waals surface area contributed by atoms with Crippen molar-refractivity contribution >= 4 is 5.97 Å². The second kappa shape index (κ2) is 5.17.